The van der Waals surface area contributed by atoms with Gasteiger partial charge in [0.05, 0.1) is 5.75 Å². The fourth-order valence-corrected chi connectivity index (χ4v) is 4.86. The Labute approximate surface area is 142 Å². The summed E-state index contributed by atoms with van der Waals surface area (Å²) in [5.41, 5.74) is 1.72. The quantitative estimate of drug-likeness (QED) is 0.853. The third-order valence-corrected chi connectivity index (χ3v) is 6.26. The third-order valence-electron chi connectivity index (χ3n) is 4.31. The molecule has 3 rings (SSSR count). The van der Waals surface area contributed by atoms with Gasteiger partial charge in [0.1, 0.15) is 5.82 Å². The van der Waals surface area contributed by atoms with Crippen molar-refractivity contribution in [1.29, 1.82) is 0 Å². The highest BCUT2D eigenvalue weighted by Gasteiger charge is 2.32. The van der Waals surface area contributed by atoms with E-state index in [2.05, 4.69) is 4.90 Å². The molecular formula is C18H21FN2O2S. The van der Waals surface area contributed by atoms with Gasteiger partial charge in [-0.25, -0.2) is 12.8 Å². The van der Waals surface area contributed by atoms with E-state index in [-0.39, 0.29) is 17.6 Å². The van der Waals surface area contributed by atoms with Gasteiger partial charge < -0.3 is 4.90 Å². The summed E-state index contributed by atoms with van der Waals surface area (Å²) in [5, 5.41) is 0. The molecule has 0 radical (unpaired) electrons. The lowest BCUT2D eigenvalue weighted by Crippen LogP contribution is -2.54. The highest BCUT2D eigenvalue weighted by Crippen LogP contribution is 2.22. The predicted octanol–water partition coefficient (Wildman–Crippen LogP) is 2.87. The van der Waals surface area contributed by atoms with Crippen LogP contribution in [0, 0.1) is 5.82 Å². The Morgan fingerprint density at radius 2 is 1.71 bits per heavy atom. The van der Waals surface area contributed by atoms with E-state index in [1.807, 2.05) is 37.3 Å². The van der Waals surface area contributed by atoms with Crippen molar-refractivity contribution < 1.29 is 12.8 Å². The number of rotatable bonds is 4. The van der Waals surface area contributed by atoms with Crippen molar-refractivity contribution in [3.63, 3.8) is 0 Å². The fraction of sp³-hybridized carbons (Fsp3) is 0.333. The van der Waals surface area contributed by atoms with Crippen LogP contribution < -0.4 is 4.90 Å². The highest BCUT2D eigenvalue weighted by atomic mass is 32.2. The Hall–Kier alpha value is -1.92. The van der Waals surface area contributed by atoms with Gasteiger partial charge >= 0.3 is 0 Å². The maximum atomic E-state index is 13.0. The van der Waals surface area contributed by atoms with Gasteiger partial charge in [0.15, 0.2) is 0 Å². The number of hydrogen-bond acceptors (Lipinski definition) is 3. The first-order valence-corrected chi connectivity index (χ1v) is 9.60. The second kappa shape index (κ2) is 6.91. The van der Waals surface area contributed by atoms with E-state index in [4.69, 9.17) is 0 Å². The molecule has 24 heavy (non-hydrogen) atoms. The minimum absolute atomic E-state index is 0.0943. The molecule has 0 aliphatic carbocycles. The standard InChI is InChI=1S/C18H21FN2O2S/c1-15-13-20(18-5-3-2-4-6-18)11-12-21(15)24(22,23)14-16-7-9-17(19)10-8-16/h2-10,15H,11-14H2,1H3. The lowest BCUT2D eigenvalue weighted by Gasteiger charge is -2.40. The van der Waals surface area contributed by atoms with E-state index in [0.717, 1.165) is 5.69 Å². The van der Waals surface area contributed by atoms with Crippen LogP contribution in [0.5, 0.6) is 0 Å². The maximum absolute atomic E-state index is 13.0. The van der Waals surface area contributed by atoms with Gasteiger partial charge in [-0.15, -0.1) is 0 Å². The smallest absolute Gasteiger partial charge is 0.218 e. The Balaban J connectivity index is 1.70. The van der Waals surface area contributed by atoms with E-state index in [0.29, 0.717) is 25.2 Å². The maximum Gasteiger partial charge on any atom is 0.218 e. The van der Waals surface area contributed by atoms with E-state index < -0.39 is 10.0 Å². The zero-order valence-corrected chi connectivity index (χ0v) is 14.4. The molecule has 1 fully saturated rings. The van der Waals surface area contributed by atoms with Crippen molar-refractivity contribution in [2.24, 2.45) is 0 Å². The van der Waals surface area contributed by atoms with Crippen LogP contribution in [0.3, 0.4) is 0 Å². The van der Waals surface area contributed by atoms with E-state index in [9.17, 15) is 12.8 Å². The molecule has 2 aromatic carbocycles. The summed E-state index contributed by atoms with van der Waals surface area (Å²) in [7, 11) is -3.42. The molecule has 1 unspecified atom stereocenters. The molecule has 128 valence electrons. The molecular weight excluding hydrogens is 327 g/mol. The van der Waals surface area contributed by atoms with Gasteiger partial charge in [0.2, 0.25) is 10.0 Å². The van der Waals surface area contributed by atoms with Gasteiger partial charge in [0, 0.05) is 31.4 Å². The van der Waals surface area contributed by atoms with Crippen LogP contribution >= 0.6 is 0 Å². The zero-order chi connectivity index (χ0) is 17.2. The molecule has 0 aromatic heterocycles. The fourth-order valence-electron chi connectivity index (χ4n) is 3.10. The molecule has 1 aliphatic heterocycles. The highest BCUT2D eigenvalue weighted by molar-refractivity contribution is 7.88. The average Bonchev–Trinajstić information content (AvgIpc) is 2.57. The SMILES string of the molecule is CC1CN(c2ccccc2)CCN1S(=O)(=O)Cc1ccc(F)cc1. The summed E-state index contributed by atoms with van der Waals surface area (Å²) in [6.07, 6.45) is 0. The van der Waals surface area contributed by atoms with Crippen LogP contribution in [-0.2, 0) is 15.8 Å². The predicted molar refractivity (Wildman–Crippen MR) is 93.8 cm³/mol. The summed E-state index contributed by atoms with van der Waals surface area (Å²) in [6.45, 7) is 3.71. The molecule has 4 nitrogen and oxygen atoms in total. The average molecular weight is 348 g/mol. The third kappa shape index (κ3) is 3.76. The van der Waals surface area contributed by atoms with Crippen molar-refractivity contribution >= 4 is 15.7 Å². The van der Waals surface area contributed by atoms with E-state index >= 15 is 0 Å². The number of nitrogens with zero attached hydrogens (tertiary/aromatic N) is 2. The van der Waals surface area contributed by atoms with E-state index in [1.165, 1.54) is 24.3 Å². The van der Waals surface area contributed by atoms with Crippen LogP contribution in [0.1, 0.15) is 12.5 Å². The van der Waals surface area contributed by atoms with Gasteiger partial charge in [-0.1, -0.05) is 30.3 Å². The van der Waals surface area contributed by atoms with Gasteiger partial charge in [0.25, 0.3) is 0 Å². The van der Waals surface area contributed by atoms with Crippen molar-refractivity contribution in [2.75, 3.05) is 24.5 Å². The molecule has 1 atom stereocenters. The Kier molecular flexibility index (Phi) is 4.87. The number of halogens is 1. The summed E-state index contributed by atoms with van der Waals surface area (Å²) >= 11 is 0. The van der Waals surface area contributed by atoms with Gasteiger partial charge in [-0.2, -0.15) is 4.31 Å². The molecule has 0 N–H and O–H groups in total. The second-order valence-corrected chi connectivity index (χ2v) is 8.05. The molecule has 1 aliphatic rings. The van der Waals surface area contributed by atoms with Crippen LogP contribution in [0.25, 0.3) is 0 Å². The molecule has 0 spiro atoms. The Morgan fingerprint density at radius 1 is 1.04 bits per heavy atom. The van der Waals surface area contributed by atoms with Crippen LogP contribution in [0.2, 0.25) is 0 Å². The molecule has 0 amide bonds. The number of hydrogen-bond donors (Lipinski definition) is 0. The second-order valence-electron chi connectivity index (χ2n) is 6.12. The first-order chi connectivity index (χ1) is 11.5. The first kappa shape index (κ1) is 16.9. The number of anilines is 1. The number of sulfonamides is 1. The van der Waals surface area contributed by atoms with Crippen molar-refractivity contribution in [3.8, 4) is 0 Å². The monoisotopic (exact) mass is 348 g/mol. The Bertz CT molecular complexity index is 778. The summed E-state index contributed by atoms with van der Waals surface area (Å²) in [6, 6.07) is 15.5. The molecule has 1 heterocycles. The molecule has 2 aromatic rings. The topological polar surface area (TPSA) is 40.6 Å². The minimum atomic E-state index is -3.42. The zero-order valence-electron chi connectivity index (χ0n) is 13.6. The molecule has 6 heteroatoms. The molecule has 0 bridgehead atoms. The van der Waals surface area contributed by atoms with Crippen molar-refractivity contribution in [3.05, 3.63) is 66.0 Å². The van der Waals surface area contributed by atoms with Crippen LogP contribution in [-0.4, -0.2) is 38.4 Å². The first-order valence-electron chi connectivity index (χ1n) is 8.00. The van der Waals surface area contributed by atoms with Crippen molar-refractivity contribution in [2.45, 2.75) is 18.7 Å². The lowest BCUT2D eigenvalue weighted by molar-refractivity contribution is 0.306. The molecule has 0 saturated carbocycles. The van der Waals surface area contributed by atoms with Gasteiger partial charge in [-0.3, -0.25) is 0 Å². The van der Waals surface area contributed by atoms with Gasteiger partial charge in [-0.05, 0) is 36.8 Å². The summed E-state index contributed by atoms with van der Waals surface area (Å²) in [4.78, 5) is 2.20. The van der Waals surface area contributed by atoms with Crippen molar-refractivity contribution in [1.82, 2.24) is 4.31 Å². The largest absolute Gasteiger partial charge is 0.369 e. The lowest BCUT2D eigenvalue weighted by atomic mass is 10.2. The van der Waals surface area contributed by atoms with Crippen LogP contribution in [0.15, 0.2) is 54.6 Å². The summed E-state index contributed by atoms with van der Waals surface area (Å²) < 4.78 is 40.0. The van der Waals surface area contributed by atoms with Crippen LogP contribution in [0.4, 0.5) is 10.1 Å². The van der Waals surface area contributed by atoms with E-state index in [1.54, 1.807) is 4.31 Å². The number of piperazine rings is 1. The Morgan fingerprint density at radius 3 is 2.33 bits per heavy atom. The minimum Gasteiger partial charge on any atom is -0.369 e. The number of para-hydroxylation sites is 1. The normalized spacial score (nSPS) is 19.4. The molecule has 1 saturated heterocycles. The summed E-state index contributed by atoms with van der Waals surface area (Å²) in [5.74, 6) is -0.454. The number of benzene rings is 2.